The van der Waals surface area contributed by atoms with Crippen molar-refractivity contribution >= 4 is 9.84 Å². The minimum atomic E-state index is -5.00. The Balaban J connectivity index is 1.62. The number of halogens is 8. The average molecular weight is 671 g/mol. The molecule has 240 valence electrons. The van der Waals surface area contributed by atoms with Crippen LogP contribution in [0.1, 0.15) is 17.2 Å². The van der Waals surface area contributed by atoms with Crippen molar-refractivity contribution in [1.82, 2.24) is 19.1 Å². The van der Waals surface area contributed by atoms with Crippen LogP contribution >= 0.6 is 0 Å². The normalized spacial score (nSPS) is 14.6. The second-order valence-electron chi connectivity index (χ2n) is 10.2. The molecule has 0 radical (unpaired) electrons. The van der Waals surface area contributed by atoms with E-state index in [0.717, 1.165) is 33.6 Å². The Hall–Kier alpha value is -4.93. The lowest BCUT2D eigenvalue weighted by atomic mass is 10.0. The molecule has 1 aliphatic rings. The average Bonchev–Trinajstić information content (AvgIpc) is 3.65. The molecule has 3 aromatic carbocycles. The summed E-state index contributed by atoms with van der Waals surface area (Å²) in [5.74, 6) is -1.48. The molecule has 2 aromatic heterocycles. The maximum absolute atomic E-state index is 14.0. The van der Waals surface area contributed by atoms with Crippen LogP contribution in [0.15, 0.2) is 78.0 Å². The van der Waals surface area contributed by atoms with Gasteiger partial charge >= 0.3 is 18.6 Å². The highest BCUT2D eigenvalue weighted by Crippen LogP contribution is 2.44. The van der Waals surface area contributed by atoms with E-state index in [1.54, 1.807) is 0 Å². The fraction of sp³-hybridized carbons (Fsp3) is 0.172. The Bertz CT molecular complexity index is 2120. The molecule has 0 aliphatic carbocycles. The van der Waals surface area contributed by atoms with Crippen molar-refractivity contribution in [3.63, 3.8) is 0 Å². The Morgan fingerprint density at radius 3 is 2.04 bits per heavy atom. The maximum atomic E-state index is 14.0. The summed E-state index contributed by atoms with van der Waals surface area (Å²) in [5.41, 5.74) is -2.44. The standard InChI is InChI=1S/C29H18F8N4O4S/c1-15-38-24(27(30,31)32)13-40(15)21-8-6-17(16-4-3-5-19(10-16)46(2,42)43)11-20(21)26-39-25(28(33,34)35)14-41(26)18-7-9-22-23(12-18)45-29(36,37)44-22/h3-14H,1-2H3. The summed E-state index contributed by atoms with van der Waals surface area (Å²) in [4.78, 5) is 7.27. The van der Waals surface area contributed by atoms with Crippen LogP contribution in [0.5, 0.6) is 11.5 Å². The monoisotopic (exact) mass is 670 g/mol. The van der Waals surface area contributed by atoms with Gasteiger partial charge in [0.2, 0.25) is 0 Å². The Morgan fingerprint density at radius 1 is 0.761 bits per heavy atom. The predicted octanol–water partition coefficient (Wildman–Crippen LogP) is 7.46. The molecule has 0 atom stereocenters. The molecule has 0 amide bonds. The zero-order valence-electron chi connectivity index (χ0n) is 23.3. The van der Waals surface area contributed by atoms with Crippen molar-refractivity contribution in [2.75, 3.05) is 6.26 Å². The highest BCUT2D eigenvalue weighted by Gasteiger charge is 2.44. The van der Waals surface area contributed by atoms with Gasteiger partial charge in [-0.2, -0.15) is 26.3 Å². The molecule has 17 heteroatoms. The molecule has 0 saturated heterocycles. The zero-order chi connectivity index (χ0) is 33.4. The first-order valence-corrected chi connectivity index (χ1v) is 14.8. The van der Waals surface area contributed by atoms with Gasteiger partial charge < -0.3 is 14.0 Å². The summed E-state index contributed by atoms with van der Waals surface area (Å²) in [6.07, 6.45) is -11.6. The fourth-order valence-electron chi connectivity index (χ4n) is 4.86. The van der Waals surface area contributed by atoms with Crippen molar-refractivity contribution in [2.24, 2.45) is 0 Å². The predicted molar refractivity (Wildman–Crippen MR) is 146 cm³/mol. The van der Waals surface area contributed by atoms with Crippen molar-refractivity contribution < 1.29 is 53.0 Å². The minimum absolute atomic E-state index is 0.0612. The molecule has 0 fully saturated rings. The largest absolute Gasteiger partial charge is 0.586 e. The Labute approximate surface area is 254 Å². The number of alkyl halides is 8. The van der Waals surface area contributed by atoms with Crippen molar-refractivity contribution in [1.29, 1.82) is 0 Å². The van der Waals surface area contributed by atoms with Gasteiger partial charge in [-0.25, -0.2) is 18.4 Å². The maximum Gasteiger partial charge on any atom is 0.586 e. The van der Waals surface area contributed by atoms with Crippen LogP contribution in [0.25, 0.3) is 33.9 Å². The van der Waals surface area contributed by atoms with Crippen LogP contribution in [0.4, 0.5) is 35.1 Å². The Morgan fingerprint density at radius 2 is 1.39 bits per heavy atom. The van der Waals surface area contributed by atoms with E-state index in [2.05, 4.69) is 19.4 Å². The molecular formula is C29H18F8N4O4S. The second-order valence-corrected chi connectivity index (χ2v) is 12.2. The molecule has 46 heavy (non-hydrogen) atoms. The van der Waals surface area contributed by atoms with Crippen LogP contribution < -0.4 is 9.47 Å². The van der Waals surface area contributed by atoms with Crippen LogP contribution in [-0.4, -0.2) is 40.1 Å². The number of sulfone groups is 1. The van der Waals surface area contributed by atoms with Gasteiger partial charge in [0.15, 0.2) is 32.7 Å². The van der Waals surface area contributed by atoms with Gasteiger partial charge in [0.1, 0.15) is 11.6 Å². The molecule has 0 N–H and O–H groups in total. The number of ether oxygens (including phenoxy) is 2. The molecule has 0 spiro atoms. The van der Waals surface area contributed by atoms with Gasteiger partial charge in [0.25, 0.3) is 0 Å². The molecule has 0 bridgehead atoms. The number of hydrogen-bond donors (Lipinski definition) is 0. The number of hydrogen-bond acceptors (Lipinski definition) is 6. The lowest BCUT2D eigenvalue weighted by molar-refractivity contribution is -0.286. The van der Waals surface area contributed by atoms with E-state index in [9.17, 15) is 43.5 Å². The number of rotatable bonds is 5. The number of nitrogens with zero attached hydrogens (tertiary/aromatic N) is 4. The summed E-state index contributed by atoms with van der Waals surface area (Å²) in [7, 11) is -3.67. The summed E-state index contributed by atoms with van der Waals surface area (Å²) in [6.45, 7) is 1.26. The molecule has 0 saturated carbocycles. The summed E-state index contributed by atoms with van der Waals surface area (Å²) in [5, 5.41) is 0. The number of benzene rings is 3. The van der Waals surface area contributed by atoms with E-state index in [4.69, 9.17) is 0 Å². The summed E-state index contributed by atoms with van der Waals surface area (Å²) < 4.78 is 145. The quantitative estimate of drug-likeness (QED) is 0.181. The fourth-order valence-corrected chi connectivity index (χ4v) is 5.52. The lowest BCUT2D eigenvalue weighted by Crippen LogP contribution is -2.25. The molecule has 5 aromatic rings. The highest BCUT2D eigenvalue weighted by atomic mass is 32.2. The summed E-state index contributed by atoms with van der Waals surface area (Å²) in [6, 6.07) is 12.9. The topological polar surface area (TPSA) is 88.2 Å². The molecular weight excluding hydrogens is 652 g/mol. The SMILES string of the molecule is Cc1nc(C(F)(F)F)cn1-c1ccc(-c2cccc(S(C)(=O)=O)c2)cc1-c1nc(C(F)(F)F)cn1-c1ccc2c(c1)OC(F)(F)O2. The van der Waals surface area contributed by atoms with Gasteiger partial charge in [0, 0.05) is 30.3 Å². The van der Waals surface area contributed by atoms with Crippen LogP contribution in [0.2, 0.25) is 0 Å². The third-order valence-electron chi connectivity index (χ3n) is 6.92. The van der Waals surface area contributed by atoms with Crippen molar-refractivity contribution in [3.8, 4) is 45.4 Å². The van der Waals surface area contributed by atoms with Gasteiger partial charge in [-0.1, -0.05) is 18.2 Å². The van der Waals surface area contributed by atoms with Gasteiger partial charge in [-0.15, -0.1) is 8.78 Å². The number of aromatic nitrogens is 4. The van der Waals surface area contributed by atoms with Crippen LogP contribution in [0, 0.1) is 6.92 Å². The van der Waals surface area contributed by atoms with Crippen LogP contribution in [-0.2, 0) is 22.2 Å². The third kappa shape index (κ3) is 5.77. The van der Waals surface area contributed by atoms with Gasteiger partial charge in [-0.05, 0) is 54.4 Å². The molecule has 1 aliphatic heterocycles. The molecule has 8 nitrogen and oxygen atoms in total. The van der Waals surface area contributed by atoms with E-state index in [1.165, 1.54) is 49.4 Å². The first-order valence-electron chi connectivity index (χ1n) is 13.0. The van der Waals surface area contributed by atoms with E-state index < -0.39 is 51.4 Å². The van der Waals surface area contributed by atoms with Crippen LogP contribution in [0.3, 0.4) is 0 Å². The van der Waals surface area contributed by atoms with Gasteiger partial charge in [0.05, 0.1) is 16.3 Å². The molecule has 6 rings (SSSR count). The van der Waals surface area contributed by atoms with E-state index in [-0.39, 0.29) is 39.0 Å². The minimum Gasteiger partial charge on any atom is -0.395 e. The number of imidazole rings is 2. The Kier molecular flexibility index (Phi) is 6.96. The summed E-state index contributed by atoms with van der Waals surface area (Å²) >= 11 is 0. The smallest absolute Gasteiger partial charge is 0.395 e. The van der Waals surface area contributed by atoms with Crippen molar-refractivity contribution in [3.05, 3.63) is 90.3 Å². The molecule has 0 unspecified atom stereocenters. The molecule has 3 heterocycles. The van der Waals surface area contributed by atoms with E-state index in [0.29, 0.717) is 18.0 Å². The van der Waals surface area contributed by atoms with E-state index >= 15 is 0 Å². The number of fused-ring (bicyclic) bond motifs is 1. The second kappa shape index (κ2) is 10.3. The van der Waals surface area contributed by atoms with Crippen molar-refractivity contribution in [2.45, 2.75) is 30.5 Å². The van der Waals surface area contributed by atoms with Gasteiger partial charge in [-0.3, -0.25) is 4.57 Å². The van der Waals surface area contributed by atoms with E-state index in [1.807, 2.05) is 0 Å². The first kappa shape index (κ1) is 31.1. The first-order chi connectivity index (χ1) is 21.3. The lowest BCUT2D eigenvalue weighted by Gasteiger charge is -2.16. The number of aryl methyl sites for hydroxylation is 1. The highest BCUT2D eigenvalue weighted by molar-refractivity contribution is 7.90. The zero-order valence-corrected chi connectivity index (χ0v) is 24.1. The third-order valence-corrected chi connectivity index (χ3v) is 8.03.